The molecule has 0 aliphatic rings. The fourth-order valence-corrected chi connectivity index (χ4v) is 4.20. The predicted octanol–water partition coefficient (Wildman–Crippen LogP) is 4.45. The molecule has 1 amide bonds. The molecule has 1 N–H and O–H groups in total. The minimum Gasteiger partial charge on any atom is -0.495 e. The van der Waals surface area contributed by atoms with Gasteiger partial charge in [-0.3, -0.25) is 9.10 Å². The lowest BCUT2D eigenvalue weighted by Crippen LogP contribution is -2.37. The summed E-state index contributed by atoms with van der Waals surface area (Å²) in [6, 6.07) is 23.1. The van der Waals surface area contributed by atoms with Crippen LogP contribution in [0.2, 0.25) is 0 Å². The fourth-order valence-electron chi connectivity index (χ4n) is 3.00. The minimum absolute atomic E-state index is 0.280. The molecule has 0 bridgehead atoms. The summed E-state index contributed by atoms with van der Waals surface area (Å²) in [6.45, 7) is 1.51. The van der Waals surface area contributed by atoms with Crippen LogP contribution in [0.3, 0.4) is 0 Å². The van der Waals surface area contributed by atoms with Crippen molar-refractivity contribution in [3.63, 3.8) is 0 Å². The lowest BCUT2D eigenvalue weighted by atomic mass is 10.2. The van der Waals surface area contributed by atoms with E-state index in [0.29, 0.717) is 11.4 Å². The Hall–Kier alpha value is -3.58. The van der Waals surface area contributed by atoms with Gasteiger partial charge in [0.1, 0.15) is 12.3 Å². The van der Waals surface area contributed by atoms with Crippen molar-refractivity contribution in [1.29, 1.82) is 0 Å². The number of methoxy groups -OCH3 is 1. The molecule has 0 spiro atoms. The summed E-state index contributed by atoms with van der Waals surface area (Å²) in [5, 5.41) is 3.85. The smallest absolute Gasteiger partial charge is 0.258 e. The summed E-state index contributed by atoms with van der Waals surface area (Å²) in [5.41, 5.74) is 2.59. The average Bonchev–Trinajstić information content (AvgIpc) is 2.77. The molecule has 0 atom stereocenters. The SMILES string of the molecule is COc1ccccc1N(CC(=O)Nc1cccc(C)c1)S(=O)(=O)/C=C/c1ccccc1. The molecule has 3 aromatic carbocycles. The highest BCUT2D eigenvalue weighted by Gasteiger charge is 2.25. The lowest BCUT2D eigenvalue weighted by molar-refractivity contribution is -0.114. The Balaban J connectivity index is 1.92. The highest BCUT2D eigenvalue weighted by Crippen LogP contribution is 2.30. The molecule has 0 aliphatic heterocycles. The molecule has 3 aromatic rings. The van der Waals surface area contributed by atoms with Gasteiger partial charge in [-0.25, -0.2) is 8.42 Å². The van der Waals surface area contributed by atoms with Gasteiger partial charge in [0.15, 0.2) is 0 Å². The van der Waals surface area contributed by atoms with Crippen molar-refractivity contribution in [1.82, 2.24) is 0 Å². The van der Waals surface area contributed by atoms with Crippen LogP contribution >= 0.6 is 0 Å². The van der Waals surface area contributed by atoms with Crippen LogP contribution in [0.5, 0.6) is 5.75 Å². The first kappa shape index (κ1) is 22.1. The number of ether oxygens (including phenoxy) is 1. The zero-order chi connectivity index (χ0) is 22.3. The zero-order valence-electron chi connectivity index (χ0n) is 17.4. The van der Waals surface area contributed by atoms with Crippen molar-refractivity contribution in [2.45, 2.75) is 6.92 Å². The number of hydrogen-bond donors (Lipinski definition) is 1. The molecule has 0 saturated carbocycles. The average molecular weight is 437 g/mol. The highest BCUT2D eigenvalue weighted by atomic mass is 32.2. The number of para-hydroxylation sites is 2. The molecule has 160 valence electrons. The highest BCUT2D eigenvalue weighted by molar-refractivity contribution is 7.95. The Bertz CT molecular complexity index is 1170. The maximum Gasteiger partial charge on any atom is 0.258 e. The van der Waals surface area contributed by atoms with E-state index in [1.807, 2.05) is 43.3 Å². The molecule has 0 radical (unpaired) electrons. The molecule has 0 saturated heterocycles. The summed E-state index contributed by atoms with van der Waals surface area (Å²) >= 11 is 0. The van der Waals surface area contributed by atoms with E-state index in [2.05, 4.69) is 5.32 Å². The molecule has 31 heavy (non-hydrogen) atoms. The van der Waals surface area contributed by atoms with E-state index >= 15 is 0 Å². The largest absolute Gasteiger partial charge is 0.495 e. The van der Waals surface area contributed by atoms with Gasteiger partial charge in [0.05, 0.1) is 18.2 Å². The number of hydrogen-bond acceptors (Lipinski definition) is 4. The number of benzene rings is 3. The summed E-state index contributed by atoms with van der Waals surface area (Å²) in [4.78, 5) is 12.7. The topological polar surface area (TPSA) is 75.7 Å². The van der Waals surface area contributed by atoms with Gasteiger partial charge >= 0.3 is 0 Å². The number of sulfonamides is 1. The normalized spacial score (nSPS) is 11.3. The molecular formula is C24H24N2O4S. The maximum atomic E-state index is 13.2. The van der Waals surface area contributed by atoms with Gasteiger partial charge in [-0.1, -0.05) is 54.6 Å². The number of carbonyl (C=O) groups is 1. The van der Waals surface area contributed by atoms with Gasteiger partial charge in [0.25, 0.3) is 10.0 Å². The molecule has 3 rings (SSSR count). The second kappa shape index (κ2) is 9.95. The third-order valence-electron chi connectivity index (χ3n) is 4.48. The fraction of sp³-hybridized carbons (Fsp3) is 0.125. The Kier molecular flexibility index (Phi) is 7.10. The van der Waals surface area contributed by atoms with Crippen molar-refractivity contribution in [2.24, 2.45) is 0 Å². The second-order valence-corrected chi connectivity index (χ2v) is 8.60. The molecule has 0 heterocycles. The Morgan fingerprint density at radius 3 is 2.42 bits per heavy atom. The van der Waals surface area contributed by atoms with E-state index in [0.717, 1.165) is 20.8 Å². The summed E-state index contributed by atoms with van der Waals surface area (Å²) < 4.78 is 32.8. The van der Waals surface area contributed by atoms with Crippen molar-refractivity contribution in [3.05, 3.63) is 95.4 Å². The first-order valence-corrected chi connectivity index (χ1v) is 11.1. The third kappa shape index (κ3) is 5.96. The van der Waals surface area contributed by atoms with Crippen molar-refractivity contribution < 1.29 is 17.9 Å². The molecular weight excluding hydrogens is 412 g/mol. The van der Waals surface area contributed by atoms with E-state index in [1.165, 1.54) is 13.2 Å². The number of nitrogens with zero attached hydrogens (tertiary/aromatic N) is 1. The van der Waals surface area contributed by atoms with E-state index in [9.17, 15) is 13.2 Å². The van der Waals surface area contributed by atoms with Crippen LogP contribution in [0, 0.1) is 6.92 Å². The summed E-state index contributed by atoms with van der Waals surface area (Å²) in [5.74, 6) is -0.115. The van der Waals surface area contributed by atoms with E-state index in [-0.39, 0.29) is 5.69 Å². The molecule has 0 fully saturated rings. The number of rotatable bonds is 8. The Morgan fingerprint density at radius 1 is 1.00 bits per heavy atom. The van der Waals surface area contributed by atoms with Crippen LogP contribution in [-0.2, 0) is 14.8 Å². The monoisotopic (exact) mass is 436 g/mol. The molecule has 6 nitrogen and oxygen atoms in total. The van der Waals surface area contributed by atoms with Crippen LogP contribution in [0.25, 0.3) is 6.08 Å². The van der Waals surface area contributed by atoms with Gasteiger partial charge < -0.3 is 10.1 Å². The van der Waals surface area contributed by atoms with Crippen molar-refractivity contribution >= 4 is 33.4 Å². The van der Waals surface area contributed by atoms with E-state index in [1.54, 1.807) is 42.5 Å². The first-order valence-electron chi connectivity index (χ1n) is 9.64. The number of aryl methyl sites for hydroxylation is 1. The van der Waals surface area contributed by atoms with Gasteiger partial charge in [-0.15, -0.1) is 0 Å². The minimum atomic E-state index is -3.99. The van der Waals surface area contributed by atoms with Crippen molar-refractivity contribution in [2.75, 3.05) is 23.3 Å². The summed E-state index contributed by atoms with van der Waals surface area (Å²) in [6.07, 6.45) is 1.50. The lowest BCUT2D eigenvalue weighted by Gasteiger charge is -2.24. The van der Waals surface area contributed by atoms with Crippen LogP contribution in [-0.4, -0.2) is 28.0 Å². The molecule has 0 aliphatic carbocycles. The number of anilines is 2. The first-order chi connectivity index (χ1) is 14.9. The second-order valence-electron chi connectivity index (χ2n) is 6.85. The third-order valence-corrected chi connectivity index (χ3v) is 5.90. The maximum absolute atomic E-state index is 13.2. The van der Waals surface area contributed by atoms with E-state index in [4.69, 9.17) is 4.74 Å². The molecule has 0 unspecified atom stereocenters. The van der Waals surface area contributed by atoms with Gasteiger partial charge in [-0.05, 0) is 48.4 Å². The quantitative estimate of drug-likeness (QED) is 0.566. The van der Waals surface area contributed by atoms with Crippen molar-refractivity contribution in [3.8, 4) is 5.75 Å². The van der Waals surface area contributed by atoms with Gasteiger partial charge in [0, 0.05) is 5.69 Å². The number of carbonyl (C=O) groups excluding carboxylic acids is 1. The predicted molar refractivity (Wildman–Crippen MR) is 125 cm³/mol. The van der Waals surface area contributed by atoms with E-state index < -0.39 is 22.5 Å². The van der Waals surface area contributed by atoms with Gasteiger partial charge in [-0.2, -0.15) is 0 Å². The standard InChI is InChI=1S/C24H24N2O4S/c1-19-9-8-12-21(17-19)25-24(27)18-26(22-13-6-7-14-23(22)30-2)31(28,29)16-15-20-10-4-3-5-11-20/h3-17H,18H2,1-2H3,(H,25,27)/b16-15+. The Labute approximate surface area is 182 Å². The van der Waals surface area contributed by atoms with Crippen LogP contribution in [0.1, 0.15) is 11.1 Å². The molecule has 7 heteroatoms. The number of nitrogens with one attached hydrogen (secondary N) is 1. The molecule has 0 aromatic heterocycles. The van der Waals surface area contributed by atoms with Gasteiger partial charge in [0.2, 0.25) is 5.91 Å². The zero-order valence-corrected chi connectivity index (χ0v) is 18.2. The van der Waals surface area contributed by atoms with Crippen LogP contribution in [0.15, 0.2) is 84.3 Å². The summed E-state index contributed by atoms with van der Waals surface area (Å²) in [7, 11) is -2.54. The van der Waals surface area contributed by atoms with Crippen LogP contribution in [0.4, 0.5) is 11.4 Å². The van der Waals surface area contributed by atoms with Crippen LogP contribution < -0.4 is 14.4 Å². The number of amides is 1. The Morgan fingerprint density at radius 2 is 1.71 bits per heavy atom.